The molecule has 0 aromatic rings. The van der Waals surface area contributed by atoms with Gasteiger partial charge in [0.05, 0.1) is 6.42 Å². The predicted molar refractivity (Wildman–Crippen MR) is 73.4 cm³/mol. The largest absolute Gasteiger partial charge is 0.500 e. The van der Waals surface area contributed by atoms with Crippen LogP contribution < -0.4 is 0 Å². The molecule has 0 amide bonds. The monoisotopic (exact) mass is 300 g/mol. The SMILES string of the molecule is CO[Si](CCCSSCCC(=O)O)(OC)OC. The molecule has 0 saturated heterocycles. The molecule has 8 heteroatoms. The maximum Gasteiger partial charge on any atom is 0.500 e. The maximum atomic E-state index is 10.3. The molecule has 102 valence electrons. The van der Waals surface area contributed by atoms with Gasteiger partial charge in [-0.05, 0) is 6.42 Å². The molecular weight excluding hydrogens is 280 g/mol. The van der Waals surface area contributed by atoms with Crippen LogP contribution in [0.25, 0.3) is 0 Å². The average Bonchev–Trinajstić information content (AvgIpc) is 2.33. The van der Waals surface area contributed by atoms with Gasteiger partial charge in [0.1, 0.15) is 0 Å². The van der Waals surface area contributed by atoms with Crippen LogP contribution in [0.1, 0.15) is 12.8 Å². The summed E-state index contributed by atoms with van der Waals surface area (Å²) in [5.41, 5.74) is 0. The van der Waals surface area contributed by atoms with Gasteiger partial charge in [-0.3, -0.25) is 4.79 Å². The zero-order valence-corrected chi connectivity index (χ0v) is 13.1. The van der Waals surface area contributed by atoms with Gasteiger partial charge in [-0.1, -0.05) is 21.6 Å². The predicted octanol–water partition coefficient (Wildman–Crippen LogP) is 2.11. The molecule has 0 aliphatic heterocycles. The third-order valence-electron chi connectivity index (χ3n) is 2.13. The van der Waals surface area contributed by atoms with Crippen LogP contribution in [-0.4, -0.2) is 52.7 Å². The molecule has 0 aromatic carbocycles. The summed E-state index contributed by atoms with van der Waals surface area (Å²) in [4.78, 5) is 10.3. The van der Waals surface area contributed by atoms with Crippen LogP contribution in [0.4, 0.5) is 0 Å². The Balaban J connectivity index is 3.52. The summed E-state index contributed by atoms with van der Waals surface area (Å²) in [7, 11) is 5.65. The molecule has 0 fully saturated rings. The molecule has 1 N–H and O–H groups in total. The Morgan fingerprint density at radius 3 is 2.12 bits per heavy atom. The Kier molecular flexibility index (Phi) is 10.4. The molecular formula is C9H20O5S2Si. The molecule has 0 spiro atoms. The molecule has 0 rings (SSSR count). The number of rotatable bonds is 11. The molecule has 0 heterocycles. The maximum absolute atomic E-state index is 10.3. The number of carboxylic acid groups (broad SMARTS) is 1. The number of hydrogen-bond donors (Lipinski definition) is 1. The second-order valence-electron chi connectivity index (χ2n) is 3.19. The van der Waals surface area contributed by atoms with E-state index in [1.54, 1.807) is 42.9 Å². The molecule has 0 unspecified atom stereocenters. The molecule has 17 heavy (non-hydrogen) atoms. The standard InChI is InChI=1S/C9H20O5S2Si/c1-12-17(13-2,14-3)8-4-6-15-16-7-5-9(10)11/h4-8H2,1-3H3,(H,10,11). The van der Waals surface area contributed by atoms with E-state index in [-0.39, 0.29) is 6.42 Å². The van der Waals surface area contributed by atoms with E-state index in [0.29, 0.717) is 5.75 Å². The lowest BCUT2D eigenvalue weighted by atomic mass is 10.5. The summed E-state index contributed by atoms with van der Waals surface area (Å²) in [6, 6.07) is 0.781. The van der Waals surface area contributed by atoms with Gasteiger partial charge >= 0.3 is 14.8 Å². The Morgan fingerprint density at radius 2 is 1.65 bits per heavy atom. The zero-order chi connectivity index (χ0) is 13.1. The van der Waals surface area contributed by atoms with E-state index in [4.69, 9.17) is 18.4 Å². The summed E-state index contributed by atoms with van der Waals surface area (Å²) in [6.07, 6.45) is 1.15. The lowest BCUT2D eigenvalue weighted by molar-refractivity contribution is -0.136. The van der Waals surface area contributed by atoms with Crippen molar-refractivity contribution in [1.82, 2.24) is 0 Å². The highest BCUT2D eigenvalue weighted by atomic mass is 33.1. The fourth-order valence-corrected chi connectivity index (χ4v) is 5.20. The van der Waals surface area contributed by atoms with Gasteiger partial charge in [-0.25, -0.2) is 0 Å². The highest BCUT2D eigenvalue weighted by molar-refractivity contribution is 8.76. The van der Waals surface area contributed by atoms with Gasteiger partial charge in [-0.15, -0.1) is 0 Å². The number of carbonyl (C=O) groups is 1. The van der Waals surface area contributed by atoms with Crippen molar-refractivity contribution in [1.29, 1.82) is 0 Å². The van der Waals surface area contributed by atoms with E-state index in [1.807, 2.05) is 0 Å². The van der Waals surface area contributed by atoms with Gasteiger partial charge in [0, 0.05) is 38.9 Å². The Morgan fingerprint density at radius 1 is 1.12 bits per heavy atom. The second-order valence-corrected chi connectivity index (χ2v) is 8.98. The first-order chi connectivity index (χ1) is 8.10. The number of carboxylic acids is 1. The topological polar surface area (TPSA) is 65.0 Å². The highest BCUT2D eigenvalue weighted by Gasteiger charge is 2.36. The quantitative estimate of drug-likeness (QED) is 0.356. The van der Waals surface area contributed by atoms with E-state index in [2.05, 4.69) is 0 Å². The van der Waals surface area contributed by atoms with Crippen LogP contribution in [0.15, 0.2) is 0 Å². The second kappa shape index (κ2) is 10.2. The first kappa shape index (κ1) is 17.3. The summed E-state index contributed by atoms with van der Waals surface area (Å²) in [6.45, 7) is 0. The molecule has 0 radical (unpaired) electrons. The van der Waals surface area contributed by atoms with Crippen LogP contribution >= 0.6 is 21.6 Å². The minimum Gasteiger partial charge on any atom is -0.481 e. The van der Waals surface area contributed by atoms with E-state index >= 15 is 0 Å². The summed E-state index contributed by atoms with van der Waals surface area (Å²) >= 11 is 0. The lowest BCUT2D eigenvalue weighted by Crippen LogP contribution is -2.42. The fraction of sp³-hybridized carbons (Fsp3) is 0.889. The van der Waals surface area contributed by atoms with E-state index in [1.165, 1.54) is 0 Å². The molecule has 0 aliphatic rings. The van der Waals surface area contributed by atoms with E-state index < -0.39 is 14.8 Å². The van der Waals surface area contributed by atoms with Gasteiger partial charge in [0.25, 0.3) is 0 Å². The smallest absolute Gasteiger partial charge is 0.481 e. The van der Waals surface area contributed by atoms with E-state index in [0.717, 1.165) is 18.2 Å². The molecule has 0 saturated carbocycles. The zero-order valence-electron chi connectivity index (χ0n) is 10.4. The Labute approximate surface area is 111 Å². The molecule has 5 nitrogen and oxygen atoms in total. The van der Waals surface area contributed by atoms with Gasteiger partial charge in [-0.2, -0.15) is 0 Å². The first-order valence-electron chi connectivity index (χ1n) is 5.22. The fourth-order valence-electron chi connectivity index (χ4n) is 1.15. The Hall–Kier alpha value is 0.267. The van der Waals surface area contributed by atoms with Crippen LogP contribution in [0, 0.1) is 0 Å². The van der Waals surface area contributed by atoms with Crippen molar-refractivity contribution in [2.75, 3.05) is 32.8 Å². The summed E-state index contributed by atoms with van der Waals surface area (Å²) in [5, 5.41) is 8.45. The van der Waals surface area contributed by atoms with Crippen molar-refractivity contribution in [3.63, 3.8) is 0 Å². The third kappa shape index (κ3) is 8.06. The van der Waals surface area contributed by atoms with Crippen molar-refractivity contribution in [3.8, 4) is 0 Å². The Bertz CT molecular complexity index is 205. The molecule has 0 atom stereocenters. The van der Waals surface area contributed by atoms with Crippen molar-refractivity contribution < 1.29 is 23.2 Å². The summed E-state index contributed by atoms with van der Waals surface area (Å²) < 4.78 is 15.9. The van der Waals surface area contributed by atoms with E-state index in [9.17, 15) is 4.79 Å². The van der Waals surface area contributed by atoms with Gasteiger partial charge in [0.15, 0.2) is 0 Å². The normalized spacial score (nSPS) is 11.7. The minimum atomic E-state index is -2.42. The van der Waals surface area contributed by atoms with Crippen LogP contribution in [0.3, 0.4) is 0 Å². The number of aliphatic carboxylic acids is 1. The van der Waals surface area contributed by atoms with Gasteiger partial charge < -0.3 is 18.4 Å². The average molecular weight is 300 g/mol. The molecule has 0 aliphatic carbocycles. The van der Waals surface area contributed by atoms with Crippen LogP contribution in [-0.2, 0) is 18.1 Å². The van der Waals surface area contributed by atoms with Crippen LogP contribution in [0.2, 0.25) is 6.04 Å². The molecule has 0 bridgehead atoms. The highest BCUT2D eigenvalue weighted by Crippen LogP contribution is 2.25. The van der Waals surface area contributed by atoms with Gasteiger partial charge in [0.2, 0.25) is 0 Å². The summed E-state index contributed by atoms with van der Waals surface area (Å²) in [5.74, 6) is 0.832. The minimum absolute atomic E-state index is 0.213. The van der Waals surface area contributed by atoms with Crippen molar-refractivity contribution in [3.05, 3.63) is 0 Å². The first-order valence-corrected chi connectivity index (χ1v) is 9.64. The van der Waals surface area contributed by atoms with Crippen molar-refractivity contribution in [2.24, 2.45) is 0 Å². The third-order valence-corrected chi connectivity index (χ3v) is 7.45. The van der Waals surface area contributed by atoms with Crippen LogP contribution in [0.5, 0.6) is 0 Å². The lowest BCUT2D eigenvalue weighted by Gasteiger charge is -2.23. The number of hydrogen-bond acceptors (Lipinski definition) is 6. The van der Waals surface area contributed by atoms with Crippen molar-refractivity contribution >= 4 is 36.4 Å². The molecule has 0 aromatic heterocycles. The van der Waals surface area contributed by atoms with Crippen molar-refractivity contribution in [2.45, 2.75) is 18.9 Å².